The van der Waals surface area contributed by atoms with Gasteiger partial charge in [-0.15, -0.1) is 0 Å². The molecule has 1 amide bonds. The number of carbonyl (C=O) groups excluding carboxylic acids is 1. The number of alkyl carbamates (subject to hydrolysis) is 1. The van der Waals surface area contributed by atoms with E-state index in [0.717, 1.165) is 0 Å². The Labute approximate surface area is 123 Å². The maximum absolute atomic E-state index is 11.8. The molecule has 116 valence electrons. The third-order valence-electron chi connectivity index (χ3n) is 2.81. The van der Waals surface area contributed by atoms with E-state index >= 15 is 0 Å². The molecule has 1 aromatic carbocycles. The Morgan fingerprint density at radius 1 is 1.29 bits per heavy atom. The number of amides is 1. The second-order valence-electron chi connectivity index (χ2n) is 5.92. The largest absolute Gasteiger partial charge is 0.444 e. The molecular formula is C14H20N2O5. The van der Waals surface area contributed by atoms with Gasteiger partial charge in [0.2, 0.25) is 0 Å². The number of non-ortho nitro benzene ring substituents is 1. The van der Waals surface area contributed by atoms with Crippen LogP contribution in [0.25, 0.3) is 0 Å². The maximum Gasteiger partial charge on any atom is 0.408 e. The number of aliphatic hydroxyl groups is 1. The lowest BCUT2D eigenvalue weighted by Crippen LogP contribution is -2.48. The highest BCUT2D eigenvalue weighted by Crippen LogP contribution is 2.23. The average Bonchev–Trinajstić information content (AvgIpc) is 2.36. The van der Waals surface area contributed by atoms with Crippen LogP contribution in [0.1, 0.15) is 33.3 Å². The molecule has 7 nitrogen and oxygen atoms in total. The monoisotopic (exact) mass is 296 g/mol. The molecule has 0 heterocycles. The number of nitro groups is 1. The predicted octanol–water partition coefficient (Wildman–Crippen LogP) is 2.33. The lowest BCUT2D eigenvalue weighted by molar-refractivity contribution is -0.384. The molecule has 0 aromatic heterocycles. The highest BCUT2D eigenvalue weighted by atomic mass is 16.6. The minimum atomic E-state index is -1.09. The molecule has 1 rings (SSSR count). The fraction of sp³-hybridized carbons (Fsp3) is 0.500. The first-order valence-electron chi connectivity index (χ1n) is 6.44. The van der Waals surface area contributed by atoms with Crippen LogP contribution in [0.2, 0.25) is 0 Å². The van der Waals surface area contributed by atoms with Crippen molar-refractivity contribution in [1.29, 1.82) is 0 Å². The lowest BCUT2D eigenvalue weighted by Gasteiger charge is -2.30. The van der Waals surface area contributed by atoms with Crippen LogP contribution >= 0.6 is 0 Å². The fourth-order valence-electron chi connectivity index (χ4n) is 1.68. The highest BCUT2D eigenvalue weighted by Gasteiger charge is 2.30. The summed E-state index contributed by atoms with van der Waals surface area (Å²) in [4.78, 5) is 21.9. The molecule has 0 saturated carbocycles. The minimum Gasteiger partial charge on any atom is -0.444 e. The molecule has 0 fully saturated rings. The van der Waals surface area contributed by atoms with Gasteiger partial charge in [0.1, 0.15) is 5.60 Å². The quantitative estimate of drug-likeness (QED) is 0.656. The normalized spacial score (nSPS) is 14.1. The number of ether oxygens (including phenoxy) is 1. The van der Waals surface area contributed by atoms with Gasteiger partial charge < -0.3 is 15.2 Å². The van der Waals surface area contributed by atoms with Crippen molar-refractivity contribution < 1.29 is 19.6 Å². The van der Waals surface area contributed by atoms with Gasteiger partial charge in [0.15, 0.2) is 0 Å². The Balaban J connectivity index is 2.93. The van der Waals surface area contributed by atoms with Gasteiger partial charge >= 0.3 is 6.09 Å². The highest BCUT2D eigenvalue weighted by molar-refractivity contribution is 5.69. The zero-order valence-corrected chi connectivity index (χ0v) is 12.5. The van der Waals surface area contributed by atoms with E-state index in [0.29, 0.717) is 5.56 Å². The Bertz CT molecular complexity index is 521. The van der Waals surface area contributed by atoms with Crippen LogP contribution in [0.4, 0.5) is 10.5 Å². The summed E-state index contributed by atoms with van der Waals surface area (Å²) in [7, 11) is 0. The number of benzene rings is 1. The second-order valence-corrected chi connectivity index (χ2v) is 5.92. The van der Waals surface area contributed by atoms with E-state index in [1.807, 2.05) is 0 Å². The van der Waals surface area contributed by atoms with Gasteiger partial charge in [-0.3, -0.25) is 10.1 Å². The third-order valence-corrected chi connectivity index (χ3v) is 2.81. The van der Waals surface area contributed by atoms with Crippen LogP contribution in [0.3, 0.4) is 0 Å². The van der Waals surface area contributed by atoms with Gasteiger partial charge in [0, 0.05) is 12.1 Å². The first kappa shape index (κ1) is 16.9. The number of rotatable bonds is 4. The van der Waals surface area contributed by atoms with E-state index in [9.17, 15) is 20.0 Å². The number of nitro benzene ring substituents is 1. The molecule has 0 bridgehead atoms. The zero-order chi connectivity index (χ0) is 16.3. The summed E-state index contributed by atoms with van der Waals surface area (Å²) >= 11 is 0. The van der Waals surface area contributed by atoms with Crippen LogP contribution in [0.5, 0.6) is 0 Å². The fourth-order valence-corrected chi connectivity index (χ4v) is 1.68. The van der Waals surface area contributed by atoms with Gasteiger partial charge in [0.25, 0.3) is 5.69 Å². The smallest absolute Gasteiger partial charge is 0.408 e. The molecule has 0 aliphatic carbocycles. The Morgan fingerprint density at radius 3 is 2.19 bits per heavy atom. The first-order valence-corrected chi connectivity index (χ1v) is 6.44. The van der Waals surface area contributed by atoms with Crippen molar-refractivity contribution in [2.75, 3.05) is 6.61 Å². The Kier molecular flexibility index (Phi) is 4.90. The van der Waals surface area contributed by atoms with Gasteiger partial charge in [-0.2, -0.15) is 0 Å². The van der Waals surface area contributed by atoms with Gasteiger partial charge in [-0.25, -0.2) is 4.79 Å². The predicted molar refractivity (Wildman–Crippen MR) is 76.9 cm³/mol. The molecule has 1 aromatic rings. The van der Waals surface area contributed by atoms with Crippen molar-refractivity contribution in [3.8, 4) is 0 Å². The third kappa shape index (κ3) is 4.71. The van der Waals surface area contributed by atoms with Gasteiger partial charge in [0.05, 0.1) is 17.1 Å². The van der Waals surface area contributed by atoms with E-state index in [-0.39, 0.29) is 12.3 Å². The van der Waals surface area contributed by atoms with Crippen LogP contribution in [-0.4, -0.2) is 28.3 Å². The summed E-state index contributed by atoms with van der Waals surface area (Å²) in [5.74, 6) is 0. The average molecular weight is 296 g/mol. The standard InChI is InChI=1S/C14H20N2O5/c1-13(2,3)21-12(18)15-14(4,9-17)10-5-7-11(8-6-10)16(19)20/h5-8,17H,9H2,1-4H3,(H,15,18). The van der Waals surface area contributed by atoms with Crippen LogP contribution in [0.15, 0.2) is 24.3 Å². The molecule has 0 aliphatic rings. The van der Waals surface area contributed by atoms with Crippen molar-refractivity contribution >= 4 is 11.8 Å². The van der Waals surface area contributed by atoms with Crippen LogP contribution < -0.4 is 5.32 Å². The van der Waals surface area contributed by atoms with Crippen LogP contribution in [0, 0.1) is 10.1 Å². The lowest BCUT2D eigenvalue weighted by atomic mass is 9.93. The molecule has 0 aliphatic heterocycles. The molecule has 2 N–H and O–H groups in total. The summed E-state index contributed by atoms with van der Waals surface area (Å²) in [5, 5.41) is 22.8. The van der Waals surface area contributed by atoms with Gasteiger partial charge in [-0.1, -0.05) is 0 Å². The Hall–Kier alpha value is -2.15. The van der Waals surface area contributed by atoms with Gasteiger partial charge in [-0.05, 0) is 45.4 Å². The molecule has 21 heavy (non-hydrogen) atoms. The number of hydrogen-bond donors (Lipinski definition) is 2. The maximum atomic E-state index is 11.8. The minimum absolute atomic E-state index is 0.0590. The molecule has 0 spiro atoms. The Morgan fingerprint density at radius 2 is 1.81 bits per heavy atom. The summed E-state index contributed by atoms with van der Waals surface area (Å²) in [6, 6.07) is 5.62. The summed E-state index contributed by atoms with van der Waals surface area (Å²) in [6.07, 6.45) is -0.669. The second kappa shape index (κ2) is 6.09. The SMILES string of the molecule is CC(C)(C)OC(=O)NC(C)(CO)c1ccc([N+](=O)[O-])cc1. The first-order chi connectivity index (χ1) is 9.57. The molecule has 0 radical (unpaired) electrons. The van der Waals surface area contributed by atoms with Crippen molar-refractivity contribution in [2.24, 2.45) is 0 Å². The van der Waals surface area contributed by atoms with Crippen molar-refractivity contribution in [3.63, 3.8) is 0 Å². The number of aliphatic hydroxyl groups excluding tert-OH is 1. The molecule has 1 unspecified atom stereocenters. The topological polar surface area (TPSA) is 102 Å². The van der Waals surface area contributed by atoms with Crippen molar-refractivity contribution in [1.82, 2.24) is 5.32 Å². The molecular weight excluding hydrogens is 276 g/mol. The molecule has 0 saturated heterocycles. The molecule has 1 atom stereocenters. The van der Waals surface area contributed by atoms with Crippen LogP contribution in [-0.2, 0) is 10.3 Å². The number of hydrogen-bond acceptors (Lipinski definition) is 5. The summed E-state index contributed by atoms with van der Waals surface area (Å²) in [5.41, 5.74) is -1.26. The van der Waals surface area contributed by atoms with E-state index in [2.05, 4.69) is 5.32 Å². The van der Waals surface area contributed by atoms with E-state index in [1.54, 1.807) is 27.7 Å². The number of nitrogens with one attached hydrogen (secondary N) is 1. The summed E-state index contributed by atoms with van der Waals surface area (Å²) in [6.45, 7) is 6.43. The molecule has 7 heteroatoms. The summed E-state index contributed by atoms with van der Waals surface area (Å²) < 4.78 is 5.15. The van der Waals surface area contributed by atoms with Crippen molar-refractivity contribution in [3.05, 3.63) is 39.9 Å². The van der Waals surface area contributed by atoms with E-state index in [1.165, 1.54) is 24.3 Å². The van der Waals surface area contributed by atoms with E-state index < -0.39 is 22.2 Å². The van der Waals surface area contributed by atoms with E-state index in [4.69, 9.17) is 4.74 Å². The number of nitrogens with zero attached hydrogens (tertiary/aromatic N) is 1. The zero-order valence-electron chi connectivity index (χ0n) is 12.5. The number of carbonyl (C=O) groups is 1. The van der Waals surface area contributed by atoms with Crippen molar-refractivity contribution in [2.45, 2.75) is 38.8 Å².